The molecule has 0 fully saturated rings. The molecule has 0 saturated carbocycles. The van der Waals surface area contributed by atoms with E-state index in [1.54, 1.807) is 48.5 Å². The van der Waals surface area contributed by atoms with Crippen LogP contribution in [0, 0.1) is 5.82 Å². The molecule has 0 aliphatic heterocycles. The van der Waals surface area contributed by atoms with Crippen molar-refractivity contribution in [2.45, 2.75) is 0 Å². The minimum atomic E-state index is -0.493. The zero-order valence-corrected chi connectivity index (χ0v) is 15.7. The molecule has 0 unspecified atom stereocenters. The van der Waals surface area contributed by atoms with Crippen LogP contribution < -0.4 is 15.4 Å². The van der Waals surface area contributed by atoms with Crippen molar-refractivity contribution in [1.29, 1.82) is 0 Å². The van der Waals surface area contributed by atoms with Gasteiger partial charge in [0.05, 0.1) is 0 Å². The lowest BCUT2D eigenvalue weighted by Gasteiger charge is -2.09. The van der Waals surface area contributed by atoms with Crippen LogP contribution in [0.15, 0.2) is 83.3 Å². The predicted octanol–water partition coefficient (Wildman–Crippen LogP) is 4.84. The van der Waals surface area contributed by atoms with E-state index in [1.165, 1.54) is 24.3 Å². The molecule has 0 spiro atoms. The smallest absolute Gasteiger partial charge is 0.293 e. The van der Waals surface area contributed by atoms with Crippen molar-refractivity contribution in [1.82, 2.24) is 0 Å². The van der Waals surface area contributed by atoms with Crippen LogP contribution in [0.2, 0.25) is 0 Å². The number of ether oxygens (including phenoxy) is 1. The molecule has 1 heterocycles. The Labute approximate surface area is 171 Å². The zero-order valence-electron chi connectivity index (χ0n) is 15.7. The lowest BCUT2D eigenvalue weighted by molar-refractivity contribution is -0.118. The summed E-state index contributed by atoms with van der Waals surface area (Å²) in [5.41, 5.74) is 1.32. The number of nitrogens with one attached hydrogen (secondary N) is 2. The molecule has 6 nitrogen and oxygen atoms in total. The Kier molecular flexibility index (Phi) is 5.43. The fraction of sp³-hybridized carbons (Fsp3) is 0.0435. The lowest BCUT2D eigenvalue weighted by atomic mass is 10.2. The van der Waals surface area contributed by atoms with Gasteiger partial charge >= 0.3 is 0 Å². The highest BCUT2D eigenvalue weighted by atomic mass is 19.1. The molecule has 150 valence electrons. The first-order chi connectivity index (χ1) is 14.6. The second kappa shape index (κ2) is 8.48. The average molecular weight is 404 g/mol. The summed E-state index contributed by atoms with van der Waals surface area (Å²) in [6.45, 7) is -0.315. The monoisotopic (exact) mass is 404 g/mol. The molecular formula is C23H17FN2O4. The first-order valence-electron chi connectivity index (χ1n) is 9.16. The van der Waals surface area contributed by atoms with Crippen LogP contribution >= 0.6 is 0 Å². The molecule has 0 saturated heterocycles. The Bertz CT molecular complexity index is 1190. The minimum absolute atomic E-state index is 0.0183. The summed E-state index contributed by atoms with van der Waals surface area (Å²) in [4.78, 5) is 25.2. The van der Waals surface area contributed by atoms with Gasteiger partial charge in [-0.15, -0.1) is 0 Å². The number of carbonyl (C=O) groups is 2. The van der Waals surface area contributed by atoms with Crippen LogP contribution in [0.4, 0.5) is 15.8 Å². The Balaban J connectivity index is 1.54. The Morgan fingerprint density at radius 2 is 1.57 bits per heavy atom. The molecule has 0 radical (unpaired) electrons. The van der Waals surface area contributed by atoms with Gasteiger partial charge in [0.2, 0.25) is 5.76 Å². The number of halogens is 1. The van der Waals surface area contributed by atoms with Crippen LogP contribution in [0.5, 0.6) is 5.75 Å². The van der Waals surface area contributed by atoms with Crippen LogP contribution in [0.3, 0.4) is 0 Å². The van der Waals surface area contributed by atoms with Crippen molar-refractivity contribution in [2.24, 2.45) is 0 Å². The number of para-hydroxylation sites is 2. The number of rotatable bonds is 6. The summed E-state index contributed by atoms with van der Waals surface area (Å²) in [5, 5.41) is 6.02. The van der Waals surface area contributed by atoms with E-state index in [0.29, 0.717) is 22.4 Å². The first kappa shape index (κ1) is 19.2. The third kappa shape index (κ3) is 4.30. The Morgan fingerprint density at radius 3 is 2.33 bits per heavy atom. The van der Waals surface area contributed by atoms with Crippen molar-refractivity contribution in [3.63, 3.8) is 0 Å². The minimum Gasteiger partial charge on any atom is -0.484 e. The molecule has 2 amide bonds. The van der Waals surface area contributed by atoms with E-state index in [-0.39, 0.29) is 18.1 Å². The maximum absolute atomic E-state index is 13.0. The number of hydrogen-bond acceptors (Lipinski definition) is 4. The maximum atomic E-state index is 13.0. The van der Waals surface area contributed by atoms with Gasteiger partial charge < -0.3 is 19.8 Å². The predicted molar refractivity (Wildman–Crippen MR) is 111 cm³/mol. The molecule has 3 aromatic carbocycles. The summed E-state index contributed by atoms with van der Waals surface area (Å²) < 4.78 is 24.0. The number of anilines is 2. The Morgan fingerprint density at radius 1 is 0.867 bits per heavy atom. The third-order valence-corrected chi connectivity index (χ3v) is 4.28. The SMILES string of the molecule is O=C(COc1ccc(F)cc1)Nc1c(C(=O)Nc2ccccc2)oc2ccccc12. The van der Waals surface area contributed by atoms with E-state index < -0.39 is 17.6 Å². The third-order valence-electron chi connectivity index (χ3n) is 4.28. The van der Waals surface area contributed by atoms with Crippen molar-refractivity contribution in [3.05, 3.63) is 90.4 Å². The molecule has 1 aromatic heterocycles. The molecule has 0 aliphatic carbocycles. The van der Waals surface area contributed by atoms with Gasteiger partial charge in [-0.2, -0.15) is 0 Å². The topological polar surface area (TPSA) is 80.6 Å². The number of amides is 2. The largest absolute Gasteiger partial charge is 0.484 e. The van der Waals surface area contributed by atoms with Crippen LogP contribution in [-0.2, 0) is 4.79 Å². The van der Waals surface area contributed by atoms with Crippen LogP contribution in [0.1, 0.15) is 10.6 Å². The summed E-state index contributed by atoms with van der Waals surface area (Å²) in [5.74, 6) is -1.04. The molecule has 0 aliphatic rings. The molecular weight excluding hydrogens is 387 g/mol. The zero-order chi connectivity index (χ0) is 20.9. The quantitative estimate of drug-likeness (QED) is 0.482. The number of furan rings is 1. The first-order valence-corrected chi connectivity index (χ1v) is 9.16. The van der Waals surface area contributed by atoms with Crippen molar-refractivity contribution < 1.29 is 23.1 Å². The van der Waals surface area contributed by atoms with Gasteiger partial charge in [-0.1, -0.05) is 30.3 Å². The summed E-state index contributed by atoms with van der Waals surface area (Å²) >= 11 is 0. The summed E-state index contributed by atoms with van der Waals surface area (Å²) in [6, 6.07) is 21.2. The normalized spacial score (nSPS) is 10.6. The van der Waals surface area contributed by atoms with Gasteiger partial charge in [0.15, 0.2) is 6.61 Å². The fourth-order valence-corrected chi connectivity index (χ4v) is 2.89. The number of carbonyl (C=O) groups excluding carboxylic acids is 2. The number of hydrogen-bond donors (Lipinski definition) is 2. The second-order valence-electron chi connectivity index (χ2n) is 6.41. The van der Waals surface area contributed by atoms with Gasteiger partial charge in [-0.05, 0) is 48.5 Å². The number of benzene rings is 3. The average Bonchev–Trinajstić information content (AvgIpc) is 3.13. The Hall–Kier alpha value is -4.13. The van der Waals surface area contributed by atoms with Crippen molar-refractivity contribution in [3.8, 4) is 5.75 Å². The van der Waals surface area contributed by atoms with E-state index >= 15 is 0 Å². The van der Waals surface area contributed by atoms with Gasteiger partial charge in [-0.25, -0.2) is 4.39 Å². The van der Waals surface area contributed by atoms with Crippen molar-refractivity contribution >= 4 is 34.2 Å². The van der Waals surface area contributed by atoms with Gasteiger partial charge in [0, 0.05) is 11.1 Å². The van der Waals surface area contributed by atoms with E-state index in [2.05, 4.69) is 10.6 Å². The fourth-order valence-electron chi connectivity index (χ4n) is 2.89. The summed E-state index contributed by atoms with van der Waals surface area (Å²) in [6.07, 6.45) is 0. The van der Waals surface area contributed by atoms with Crippen molar-refractivity contribution in [2.75, 3.05) is 17.2 Å². The van der Waals surface area contributed by atoms with E-state index in [9.17, 15) is 14.0 Å². The summed E-state index contributed by atoms with van der Waals surface area (Å²) in [7, 11) is 0. The molecule has 4 aromatic rings. The molecule has 30 heavy (non-hydrogen) atoms. The standard InChI is InChI=1S/C23H17FN2O4/c24-15-10-12-17(13-11-15)29-14-20(27)26-21-18-8-4-5-9-19(18)30-22(21)23(28)25-16-6-2-1-3-7-16/h1-13H,14H2,(H,25,28)(H,26,27). The van der Waals surface area contributed by atoms with E-state index in [4.69, 9.17) is 9.15 Å². The molecule has 2 N–H and O–H groups in total. The number of fused-ring (bicyclic) bond motifs is 1. The highest BCUT2D eigenvalue weighted by Gasteiger charge is 2.22. The highest BCUT2D eigenvalue weighted by Crippen LogP contribution is 2.31. The highest BCUT2D eigenvalue weighted by molar-refractivity contribution is 6.14. The van der Waals surface area contributed by atoms with E-state index in [1.807, 2.05) is 6.07 Å². The van der Waals surface area contributed by atoms with Gasteiger partial charge in [-0.3, -0.25) is 9.59 Å². The molecule has 0 atom stereocenters. The maximum Gasteiger partial charge on any atom is 0.293 e. The van der Waals surface area contributed by atoms with Crippen LogP contribution in [-0.4, -0.2) is 18.4 Å². The second-order valence-corrected chi connectivity index (χ2v) is 6.41. The molecule has 7 heteroatoms. The van der Waals surface area contributed by atoms with Crippen LogP contribution in [0.25, 0.3) is 11.0 Å². The lowest BCUT2D eigenvalue weighted by Crippen LogP contribution is -2.22. The van der Waals surface area contributed by atoms with Gasteiger partial charge in [0.25, 0.3) is 11.8 Å². The molecule has 0 bridgehead atoms. The van der Waals surface area contributed by atoms with E-state index in [0.717, 1.165) is 0 Å². The molecule has 4 rings (SSSR count). The van der Waals surface area contributed by atoms with Gasteiger partial charge in [0.1, 0.15) is 22.8 Å².